The third-order valence-electron chi connectivity index (χ3n) is 10.1. The van der Waals surface area contributed by atoms with E-state index in [2.05, 4.69) is 13.8 Å². The maximum absolute atomic E-state index is 13.7. The van der Waals surface area contributed by atoms with Gasteiger partial charge < -0.3 is 19.3 Å². The van der Waals surface area contributed by atoms with Gasteiger partial charge in [-0.25, -0.2) is 4.79 Å². The van der Waals surface area contributed by atoms with E-state index in [9.17, 15) is 24.3 Å². The SMILES string of the molecule is CCCCCOC(=O)O[C@]1(C(=O)COC(C)=O)CC[C@H]2[C@@H]3CCC4=CC(=O)CC[C@]4(C)[C@H]3[C@@H](O)C[C@@]21C. The van der Waals surface area contributed by atoms with Crippen molar-refractivity contribution >= 4 is 23.7 Å². The van der Waals surface area contributed by atoms with E-state index in [1.54, 1.807) is 6.08 Å². The predicted octanol–water partition coefficient (Wildman–Crippen LogP) is 4.70. The van der Waals surface area contributed by atoms with Gasteiger partial charge in [0.2, 0.25) is 5.78 Å². The van der Waals surface area contributed by atoms with Crippen molar-refractivity contribution in [2.24, 2.45) is 28.6 Å². The molecule has 1 N–H and O–H groups in total. The van der Waals surface area contributed by atoms with Crippen molar-refractivity contribution in [3.8, 4) is 0 Å². The molecule has 0 amide bonds. The fourth-order valence-corrected chi connectivity index (χ4v) is 8.32. The Bertz CT molecular complexity index is 971. The fraction of sp³-hybridized carbons (Fsp3) is 0.793. The van der Waals surface area contributed by atoms with E-state index in [0.29, 0.717) is 25.7 Å². The zero-order valence-electron chi connectivity index (χ0n) is 22.7. The largest absolute Gasteiger partial charge is 0.509 e. The standard InChI is InChI=1S/C29H42O8/c1-5-6-7-14-35-26(34)37-29(24(33)17-36-18(2)30)13-11-22-21-9-8-19-15-20(31)10-12-27(19,3)25(21)23(32)16-28(22,29)4/h15,21-23,25,32H,5-14,16-17H2,1-4H3/t21-,22-,23-,25+,27-,28-,29-/m0/s1. The van der Waals surface area contributed by atoms with E-state index in [1.807, 2.05) is 6.92 Å². The normalized spacial score (nSPS) is 38.5. The summed E-state index contributed by atoms with van der Waals surface area (Å²) in [7, 11) is 0. The highest BCUT2D eigenvalue weighted by Crippen LogP contribution is 2.68. The monoisotopic (exact) mass is 518 g/mol. The first kappa shape index (κ1) is 27.8. The van der Waals surface area contributed by atoms with Crippen LogP contribution in [0.1, 0.15) is 91.9 Å². The number of ketones is 2. The van der Waals surface area contributed by atoms with Gasteiger partial charge >= 0.3 is 12.1 Å². The molecule has 0 aromatic carbocycles. The van der Waals surface area contributed by atoms with Gasteiger partial charge in [0, 0.05) is 18.8 Å². The second-order valence-electron chi connectivity index (χ2n) is 12.1. The highest BCUT2D eigenvalue weighted by atomic mass is 16.7. The van der Waals surface area contributed by atoms with Gasteiger partial charge in [-0.2, -0.15) is 0 Å². The fourth-order valence-electron chi connectivity index (χ4n) is 8.32. The number of ether oxygens (including phenoxy) is 3. The van der Waals surface area contributed by atoms with Crippen LogP contribution in [-0.4, -0.2) is 53.7 Å². The summed E-state index contributed by atoms with van der Waals surface area (Å²) in [6.45, 7) is 7.13. The number of aliphatic hydroxyl groups excluding tert-OH is 1. The molecule has 7 atom stereocenters. The van der Waals surface area contributed by atoms with Gasteiger partial charge in [-0.05, 0) is 74.2 Å². The summed E-state index contributed by atoms with van der Waals surface area (Å²) in [4.78, 5) is 50.2. The lowest BCUT2D eigenvalue weighted by molar-refractivity contribution is -0.188. The Hall–Kier alpha value is -2.22. The third-order valence-corrected chi connectivity index (χ3v) is 10.1. The Labute approximate surface area is 219 Å². The van der Waals surface area contributed by atoms with Gasteiger partial charge in [-0.1, -0.05) is 39.2 Å². The molecule has 4 rings (SSSR count). The van der Waals surface area contributed by atoms with Crippen LogP contribution in [-0.2, 0) is 28.6 Å². The summed E-state index contributed by atoms with van der Waals surface area (Å²) in [6.07, 6.45) is 6.82. The summed E-state index contributed by atoms with van der Waals surface area (Å²) in [5.41, 5.74) is -1.51. The Kier molecular flexibility index (Phi) is 7.89. The first-order valence-electron chi connectivity index (χ1n) is 13.9. The molecule has 3 saturated carbocycles. The number of fused-ring (bicyclic) bond motifs is 5. The first-order valence-corrected chi connectivity index (χ1v) is 13.9. The average Bonchev–Trinajstić information content (AvgIpc) is 3.12. The maximum Gasteiger partial charge on any atom is 0.509 e. The Morgan fingerprint density at radius 3 is 2.54 bits per heavy atom. The molecule has 0 radical (unpaired) electrons. The van der Waals surface area contributed by atoms with Gasteiger partial charge in [-0.15, -0.1) is 0 Å². The zero-order chi connectivity index (χ0) is 27.0. The number of rotatable bonds is 8. The summed E-state index contributed by atoms with van der Waals surface area (Å²) in [6, 6.07) is 0. The van der Waals surface area contributed by atoms with Crippen molar-refractivity contribution in [1.29, 1.82) is 0 Å². The predicted molar refractivity (Wildman–Crippen MR) is 134 cm³/mol. The number of hydrogen-bond acceptors (Lipinski definition) is 8. The molecule has 0 unspecified atom stereocenters. The molecule has 8 heteroatoms. The van der Waals surface area contributed by atoms with Crippen LogP contribution in [0.5, 0.6) is 0 Å². The Morgan fingerprint density at radius 2 is 1.84 bits per heavy atom. The number of Topliss-reactive ketones (excluding diaryl/α,β-unsaturated/α-hetero) is 1. The number of carbonyl (C=O) groups is 4. The van der Waals surface area contributed by atoms with Crippen molar-refractivity contribution in [3.05, 3.63) is 11.6 Å². The highest BCUT2D eigenvalue weighted by molar-refractivity contribution is 5.93. The van der Waals surface area contributed by atoms with Crippen LogP contribution >= 0.6 is 0 Å². The third kappa shape index (κ3) is 4.75. The lowest BCUT2D eigenvalue weighted by Crippen LogP contribution is -2.63. The number of hydrogen-bond donors (Lipinski definition) is 1. The Morgan fingerprint density at radius 1 is 1.08 bits per heavy atom. The topological polar surface area (TPSA) is 116 Å². The van der Waals surface area contributed by atoms with Gasteiger partial charge in [0.15, 0.2) is 18.0 Å². The second-order valence-corrected chi connectivity index (χ2v) is 12.1. The molecular weight excluding hydrogens is 476 g/mol. The summed E-state index contributed by atoms with van der Waals surface area (Å²) in [5, 5.41) is 11.7. The summed E-state index contributed by atoms with van der Waals surface area (Å²) >= 11 is 0. The minimum absolute atomic E-state index is 0.0287. The number of carbonyl (C=O) groups excluding carboxylic acids is 4. The van der Waals surface area contributed by atoms with Crippen LogP contribution in [0.3, 0.4) is 0 Å². The van der Waals surface area contributed by atoms with Gasteiger partial charge in [-0.3, -0.25) is 14.4 Å². The van der Waals surface area contributed by atoms with Gasteiger partial charge in [0.05, 0.1) is 12.7 Å². The number of esters is 1. The van der Waals surface area contributed by atoms with Crippen LogP contribution < -0.4 is 0 Å². The van der Waals surface area contributed by atoms with Crippen molar-refractivity contribution in [2.75, 3.05) is 13.2 Å². The van der Waals surface area contributed by atoms with Crippen LogP contribution in [0, 0.1) is 28.6 Å². The molecule has 0 heterocycles. The van der Waals surface area contributed by atoms with Crippen LogP contribution in [0.4, 0.5) is 4.79 Å². The van der Waals surface area contributed by atoms with Crippen LogP contribution in [0.25, 0.3) is 0 Å². The van der Waals surface area contributed by atoms with Crippen molar-refractivity contribution < 1.29 is 38.5 Å². The molecule has 4 aliphatic rings. The van der Waals surface area contributed by atoms with E-state index < -0.39 is 41.6 Å². The molecule has 3 fully saturated rings. The van der Waals surface area contributed by atoms with Gasteiger partial charge in [0.25, 0.3) is 0 Å². The van der Waals surface area contributed by atoms with E-state index >= 15 is 0 Å². The lowest BCUT2D eigenvalue weighted by atomic mass is 9.45. The van der Waals surface area contributed by atoms with E-state index in [-0.39, 0.29) is 42.0 Å². The Balaban J connectivity index is 1.65. The van der Waals surface area contributed by atoms with E-state index in [1.165, 1.54) is 6.92 Å². The average molecular weight is 519 g/mol. The molecule has 37 heavy (non-hydrogen) atoms. The molecule has 0 aromatic heterocycles. The molecule has 0 aliphatic heterocycles. The van der Waals surface area contributed by atoms with Crippen molar-refractivity contribution in [1.82, 2.24) is 0 Å². The highest BCUT2D eigenvalue weighted by Gasteiger charge is 2.70. The van der Waals surface area contributed by atoms with E-state index in [4.69, 9.17) is 14.2 Å². The summed E-state index contributed by atoms with van der Waals surface area (Å²) < 4.78 is 16.4. The lowest BCUT2D eigenvalue weighted by Gasteiger charge is -2.60. The van der Waals surface area contributed by atoms with Crippen LogP contribution in [0.15, 0.2) is 11.6 Å². The smallest absolute Gasteiger partial charge is 0.458 e. The molecule has 4 aliphatic carbocycles. The number of aliphatic hydroxyl groups is 1. The number of unbranched alkanes of at least 4 members (excludes halogenated alkanes) is 2. The van der Waals surface area contributed by atoms with E-state index in [0.717, 1.165) is 37.7 Å². The zero-order valence-corrected chi connectivity index (χ0v) is 22.7. The molecule has 0 bridgehead atoms. The quantitative estimate of drug-likeness (QED) is 0.363. The molecule has 0 saturated heterocycles. The minimum atomic E-state index is -1.54. The second kappa shape index (κ2) is 10.5. The molecule has 0 aromatic rings. The molecule has 206 valence electrons. The van der Waals surface area contributed by atoms with Gasteiger partial charge in [0.1, 0.15) is 0 Å². The summed E-state index contributed by atoms with van der Waals surface area (Å²) in [5.74, 6) is -0.764. The molecule has 8 nitrogen and oxygen atoms in total. The molecule has 0 spiro atoms. The van der Waals surface area contributed by atoms with Crippen molar-refractivity contribution in [2.45, 2.75) is 104 Å². The number of allylic oxidation sites excluding steroid dienone is 1. The first-order chi connectivity index (χ1) is 17.5. The maximum atomic E-state index is 13.7. The minimum Gasteiger partial charge on any atom is -0.458 e. The van der Waals surface area contributed by atoms with Crippen molar-refractivity contribution in [3.63, 3.8) is 0 Å². The molecular formula is C29H42O8. The van der Waals surface area contributed by atoms with Crippen LogP contribution in [0.2, 0.25) is 0 Å².